The van der Waals surface area contributed by atoms with Gasteiger partial charge in [-0.05, 0) is 54.9 Å². The highest BCUT2D eigenvalue weighted by Crippen LogP contribution is 2.17. The van der Waals surface area contributed by atoms with E-state index in [0.29, 0.717) is 11.3 Å². The van der Waals surface area contributed by atoms with Gasteiger partial charge in [0.1, 0.15) is 0 Å². The van der Waals surface area contributed by atoms with Gasteiger partial charge < -0.3 is 4.98 Å². The molecule has 19 heavy (non-hydrogen) atoms. The zero-order valence-electron chi connectivity index (χ0n) is 10.8. The summed E-state index contributed by atoms with van der Waals surface area (Å²) in [4.78, 5) is 11.8. The molecule has 0 unspecified atom stereocenters. The van der Waals surface area contributed by atoms with E-state index >= 15 is 0 Å². The molecule has 0 saturated heterocycles. The monoisotopic (exact) mass is 270 g/mol. The Morgan fingerprint density at radius 3 is 2.79 bits per heavy atom. The van der Waals surface area contributed by atoms with Gasteiger partial charge in [-0.2, -0.15) is 0 Å². The van der Waals surface area contributed by atoms with Crippen LogP contribution in [0.4, 0.5) is 0 Å². The van der Waals surface area contributed by atoms with E-state index in [-0.39, 0.29) is 0 Å². The lowest BCUT2D eigenvalue weighted by Crippen LogP contribution is -2.03. The summed E-state index contributed by atoms with van der Waals surface area (Å²) in [7, 11) is 0. The van der Waals surface area contributed by atoms with Crippen molar-refractivity contribution in [3.05, 3.63) is 52.2 Å². The molecule has 3 rings (SSSR count). The first kappa shape index (κ1) is 12.0. The largest absolute Gasteiger partial charge is 0.329 e. The fourth-order valence-corrected chi connectivity index (χ4v) is 2.41. The first-order valence-electron chi connectivity index (χ1n) is 6.10. The lowest BCUT2D eigenvalue weighted by molar-refractivity contribution is 0.791. The van der Waals surface area contributed by atoms with E-state index < -0.39 is 0 Å². The topological polar surface area (TPSA) is 46.5 Å². The number of aryl methyl sites for hydroxylation is 2. The van der Waals surface area contributed by atoms with Crippen LogP contribution in [-0.2, 0) is 6.54 Å². The lowest BCUT2D eigenvalue weighted by atomic mass is 10.1. The van der Waals surface area contributed by atoms with E-state index in [9.17, 15) is 0 Å². The van der Waals surface area contributed by atoms with Crippen molar-refractivity contribution in [3.63, 3.8) is 0 Å². The predicted octanol–water partition coefficient (Wildman–Crippen LogP) is 3.15. The van der Waals surface area contributed by atoms with Gasteiger partial charge in [0.05, 0.1) is 12.1 Å². The molecule has 3 aromatic rings. The van der Waals surface area contributed by atoms with Gasteiger partial charge in [-0.15, -0.1) is 0 Å². The van der Waals surface area contributed by atoms with Gasteiger partial charge in [0.25, 0.3) is 0 Å². The van der Waals surface area contributed by atoms with E-state index in [1.54, 1.807) is 6.20 Å². The molecule has 0 spiro atoms. The minimum Gasteiger partial charge on any atom is -0.329 e. The van der Waals surface area contributed by atoms with Gasteiger partial charge >= 0.3 is 0 Å². The zero-order chi connectivity index (χ0) is 13.4. The number of fused-ring (bicyclic) bond motifs is 1. The molecule has 0 fully saturated rings. The quantitative estimate of drug-likeness (QED) is 0.728. The molecule has 0 amide bonds. The Bertz CT molecular complexity index is 801. The number of pyridine rings is 2. The number of nitrogens with zero attached hydrogens (tertiary/aromatic N) is 3. The van der Waals surface area contributed by atoms with Gasteiger partial charge in [0.15, 0.2) is 10.4 Å². The summed E-state index contributed by atoms with van der Waals surface area (Å²) >= 11 is 5.40. The molecule has 1 N–H and O–H groups in total. The van der Waals surface area contributed by atoms with Crippen molar-refractivity contribution in [3.8, 4) is 0 Å². The van der Waals surface area contributed by atoms with Crippen molar-refractivity contribution in [2.45, 2.75) is 20.4 Å². The SMILES string of the molecule is Cc1ccncc1Cn1c(=S)[nH]c2c(C)ccnc21. The van der Waals surface area contributed by atoms with Crippen molar-refractivity contribution in [2.24, 2.45) is 0 Å². The molecule has 0 aliphatic rings. The van der Waals surface area contributed by atoms with Crippen LogP contribution in [-0.4, -0.2) is 19.5 Å². The third-order valence-electron chi connectivity index (χ3n) is 3.35. The van der Waals surface area contributed by atoms with Crippen molar-refractivity contribution in [1.82, 2.24) is 19.5 Å². The van der Waals surface area contributed by atoms with Crippen molar-refractivity contribution >= 4 is 23.4 Å². The highest BCUT2D eigenvalue weighted by molar-refractivity contribution is 7.71. The van der Waals surface area contributed by atoms with Gasteiger partial charge in [0, 0.05) is 18.6 Å². The molecular weight excluding hydrogens is 256 g/mol. The maximum Gasteiger partial charge on any atom is 0.179 e. The molecule has 4 nitrogen and oxygen atoms in total. The third-order valence-corrected chi connectivity index (χ3v) is 3.67. The van der Waals surface area contributed by atoms with E-state index in [2.05, 4.69) is 28.8 Å². The standard InChI is InChI=1S/C14H14N4S/c1-9-3-5-15-7-11(9)8-18-13-12(17-14(18)19)10(2)4-6-16-13/h3-7H,8H2,1-2H3,(H,17,19). The maximum absolute atomic E-state index is 5.40. The number of imidazole rings is 1. The van der Waals surface area contributed by atoms with Crippen LogP contribution >= 0.6 is 12.2 Å². The second-order valence-corrected chi connectivity index (χ2v) is 5.03. The van der Waals surface area contributed by atoms with Crippen LogP contribution in [0.15, 0.2) is 30.7 Å². The molecule has 0 radical (unpaired) electrons. The van der Waals surface area contributed by atoms with Crippen LogP contribution in [0.1, 0.15) is 16.7 Å². The molecule has 96 valence electrons. The molecule has 0 aliphatic carbocycles. The fourth-order valence-electron chi connectivity index (χ4n) is 2.15. The molecule has 0 bridgehead atoms. The Balaban J connectivity index is 2.16. The molecule has 0 saturated carbocycles. The summed E-state index contributed by atoms with van der Waals surface area (Å²) < 4.78 is 2.71. The number of aromatic amines is 1. The molecule has 5 heteroatoms. The Labute approximate surface area is 116 Å². The van der Waals surface area contributed by atoms with E-state index in [0.717, 1.165) is 22.3 Å². The summed E-state index contributed by atoms with van der Waals surface area (Å²) in [5, 5.41) is 0. The van der Waals surface area contributed by atoms with Crippen LogP contribution in [0.5, 0.6) is 0 Å². The number of aromatic nitrogens is 4. The Hall–Kier alpha value is -2.01. The number of nitrogens with one attached hydrogen (secondary N) is 1. The molecule has 0 aromatic carbocycles. The van der Waals surface area contributed by atoms with E-state index in [4.69, 9.17) is 12.2 Å². The van der Waals surface area contributed by atoms with Crippen LogP contribution in [0.3, 0.4) is 0 Å². The van der Waals surface area contributed by atoms with Crippen LogP contribution in [0.2, 0.25) is 0 Å². The normalized spacial score (nSPS) is 11.1. The number of H-pyrrole nitrogens is 1. The van der Waals surface area contributed by atoms with E-state index in [1.165, 1.54) is 5.56 Å². The Morgan fingerprint density at radius 2 is 2.00 bits per heavy atom. The van der Waals surface area contributed by atoms with Gasteiger partial charge in [-0.25, -0.2) is 4.98 Å². The fraction of sp³-hybridized carbons (Fsp3) is 0.214. The molecule has 0 aliphatic heterocycles. The molecule has 3 aromatic heterocycles. The summed E-state index contributed by atoms with van der Waals surface area (Å²) in [5.41, 5.74) is 5.42. The Morgan fingerprint density at radius 1 is 1.21 bits per heavy atom. The predicted molar refractivity (Wildman–Crippen MR) is 77.7 cm³/mol. The number of hydrogen-bond donors (Lipinski definition) is 1. The summed E-state index contributed by atoms with van der Waals surface area (Å²) in [6.07, 6.45) is 5.49. The van der Waals surface area contributed by atoms with Crippen LogP contribution < -0.4 is 0 Å². The minimum atomic E-state index is 0.689. The average Bonchev–Trinajstić information content (AvgIpc) is 2.71. The minimum absolute atomic E-state index is 0.689. The third kappa shape index (κ3) is 2.06. The second-order valence-electron chi connectivity index (χ2n) is 4.64. The van der Waals surface area contributed by atoms with Crippen molar-refractivity contribution < 1.29 is 0 Å². The maximum atomic E-state index is 5.40. The summed E-state index contributed by atoms with van der Waals surface area (Å²) in [6.45, 7) is 4.82. The number of rotatable bonds is 2. The molecule has 3 heterocycles. The Kier molecular flexibility index (Phi) is 2.91. The first-order valence-corrected chi connectivity index (χ1v) is 6.51. The summed E-state index contributed by atoms with van der Waals surface area (Å²) in [6, 6.07) is 3.99. The average molecular weight is 270 g/mol. The summed E-state index contributed by atoms with van der Waals surface area (Å²) in [5.74, 6) is 0. The smallest absolute Gasteiger partial charge is 0.179 e. The zero-order valence-corrected chi connectivity index (χ0v) is 11.7. The van der Waals surface area contributed by atoms with Crippen molar-refractivity contribution in [2.75, 3.05) is 0 Å². The van der Waals surface area contributed by atoms with Gasteiger partial charge in [-0.3, -0.25) is 9.55 Å². The number of hydrogen-bond acceptors (Lipinski definition) is 3. The van der Waals surface area contributed by atoms with Gasteiger partial charge in [-0.1, -0.05) is 0 Å². The van der Waals surface area contributed by atoms with Crippen molar-refractivity contribution in [1.29, 1.82) is 0 Å². The second kappa shape index (κ2) is 4.59. The highest BCUT2D eigenvalue weighted by Gasteiger charge is 2.09. The molecule has 0 atom stereocenters. The lowest BCUT2D eigenvalue weighted by Gasteiger charge is -2.06. The van der Waals surface area contributed by atoms with Gasteiger partial charge in [0.2, 0.25) is 0 Å². The van der Waals surface area contributed by atoms with E-state index in [1.807, 2.05) is 29.1 Å². The van der Waals surface area contributed by atoms with Crippen LogP contribution in [0, 0.1) is 18.6 Å². The highest BCUT2D eigenvalue weighted by atomic mass is 32.1. The van der Waals surface area contributed by atoms with Crippen LogP contribution in [0.25, 0.3) is 11.2 Å². The first-order chi connectivity index (χ1) is 9.16. The molecular formula is C14H14N4S.